The lowest BCUT2D eigenvalue weighted by atomic mass is 9.82. The third-order valence-electron chi connectivity index (χ3n) is 4.32. The maximum absolute atomic E-state index is 5.38. The summed E-state index contributed by atoms with van der Waals surface area (Å²) < 4.78 is 10.8. The zero-order valence-corrected chi connectivity index (χ0v) is 10.6. The summed E-state index contributed by atoms with van der Waals surface area (Å²) in [4.78, 5) is 0. The smallest absolute Gasteiger partial charge is 0.320 e. The molecule has 0 atom stereocenters. The second kappa shape index (κ2) is 4.33. The van der Waals surface area contributed by atoms with Crippen LogP contribution in [0.15, 0.2) is 0 Å². The van der Waals surface area contributed by atoms with Gasteiger partial charge in [-0.15, -0.1) is 0 Å². The predicted molar refractivity (Wildman–Crippen MR) is 59.6 cm³/mol. The van der Waals surface area contributed by atoms with Gasteiger partial charge < -0.3 is 8.85 Å². The van der Waals surface area contributed by atoms with Crippen molar-refractivity contribution in [1.82, 2.24) is 0 Å². The molecule has 2 bridgehead atoms. The van der Waals surface area contributed by atoms with Gasteiger partial charge in [-0.3, -0.25) is 0 Å². The van der Waals surface area contributed by atoms with E-state index in [9.17, 15) is 0 Å². The monoisotopic (exact) mass is 214 g/mol. The SMILES string of the molecule is CO[SiH](CCC12CCC(CC1)C2)OC. The first-order chi connectivity index (χ1) is 6.78. The van der Waals surface area contributed by atoms with Crippen LogP contribution in [-0.2, 0) is 8.85 Å². The fourth-order valence-electron chi connectivity index (χ4n) is 3.42. The molecule has 2 aliphatic carbocycles. The van der Waals surface area contributed by atoms with E-state index in [2.05, 4.69) is 0 Å². The van der Waals surface area contributed by atoms with Crippen molar-refractivity contribution in [3.63, 3.8) is 0 Å². The highest BCUT2D eigenvalue weighted by atomic mass is 28.3. The van der Waals surface area contributed by atoms with Crippen molar-refractivity contribution in [2.45, 2.75) is 44.6 Å². The molecule has 3 heteroatoms. The highest BCUT2D eigenvalue weighted by molar-refractivity contribution is 6.44. The first kappa shape index (κ1) is 10.6. The van der Waals surface area contributed by atoms with E-state index in [4.69, 9.17) is 8.85 Å². The summed E-state index contributed by atoms with van der Waals surface area (Å²) in [5.41, 5.74) is 0.715. The molecule has 0 amide bonds. The van der Waals surface area contributed by atoms with Crippen molar-refractivity contribution in [1.29, 1.82) is 0 Å². The number of hydrogen-bond acceptors (Lipinski definition) is 2. The van der Waals surface area contributed by atoms with Crippen LogP contribution in [0.4, 0.5) is 0 Å². The van der Waals surface area contributed by atoms with Crippen molar-refractivity contribution < 1.29 is 8.85 Å². The van der Waals surface area contributed by atoms with Crippen LogP contribution >= 0.6 is 0 Å². The average Bonchev–Trinajstić information content (AvgIpc) is 2.79. The fourth-order valence-corrected chi connectivity index (χ4v) is 4.93. The Morgan fingerprint density at radius 1 is 1.21 bits per heavy atom. The van der Waals surface area contributed by atoms with Crippen LogP contribution in [0, 0.1) is 11.3 Å². The van der Waals surface area contributed by atoms with Crippen molar-refractivity contribution >= 4 is 9.28 Å². The highest BCUT2D eigenvalue weighted by Crippen LogP contribution is 2.56. The van der Waals surface area contributed by atoms with Crippen LogP contribution in [0.25, 0.3) is 0 Å². The molecule has 0 aliphatic heterocycles. The zero-order chi connectivity index (χ0) is 10.0. The molecule has 82 valence electrons. The molecule has 2 rings (SSSR count). The summed E-state index contributed by atoms with van der Waals surface area (Å²) in [5, 5.41) is 0. The Balaban J connectivity index is 1.79. The Kier molecular flexibility index (Phi) is 3.29. The molecular weight excluding hydrogens is 192 g/mol. The maximum Gasteiger partial charge on any atom is 0.320 e. The third kappa shape index (κ3) is 2.04. The topological polar surface area (TPSA) is 18.5 Å². The molecule has 2 nitrogen and oxygen atoms in total. The van der Waals surface area contributed by atoms with Crippen LogP contribution in [0.2, 0.25) is 6.04 Å². The molecule has 0 aromatic heterocycles. The lowest BCUT2D eigenvalue weighted by molar-refractivity contribution is 0.245. The summed E-state index contributed by atoms with van der Waals surface area (Å²) in [6.45, 7) is 0. The minimum absolute atomic E-state index is 0.715. The lowest BCUT2D eigenvalue weighted by Crippen LogP contribution is -2.23. The Morgan fingerprint density at radius 2 is 1.86 bits per heavy atom. The zero-order valence-electron chi connectivity index (χ0n) is 9.42. The van der Waals surface area contributed by atoms with E-state index < -0.39 is 9.28 Å². The van der Waals surface area contributed by atoms with Crippen LogP contribution < -0.4 is 0 Å². The van der Waals surface area contributed by atoms with Crippen LogP contribution in [0.3, 0.4) is 0 Å². The molecule has 0 radical (unpaired) electrons. The van der Waals surface area contributed by atoms with Gasteiger partial charge in [0.25, 0.3) is 0 Å². The van der Waals surface area contributed by atoms with E-state index in [0.717, 1.165) is 5.92 Å². The quantitative estimate of drug-likeness (QED) is 0.655. The Morgan fingerprint density at radius 3 is 2.29 bits per heavy atom. The number of hydrogen-bond donors (Lipinski definition) is 0. The minimum atomic E-state index is -1.29. The Hall–Kier alpha value is 0.137. The van der Waals surface area contributed by atoms with Gasteiger partial charge in [-0.05, 0) is 55.9 Å². The summed E-state index contributed by atoms with van der Waals surface area (Å²) in [7, 11) is 2.30. The molecule has 0 unspecified atom stereocenters. The molecule has 0 aromatic rings. The maximum atomic E-state index is 5.38. The van der Waals surface area contributed by atoms with Crippen molar-refractivity contribution in [3.8, 4) is 0 Å². The minimum Gasteiger partial charge on any atom is -0.400 e. The van der Waals surface area contributed by atoms with Crippen molar-refractivity contribution in [2.75, 3.05) is 14.2 Å². The van der Waals surface area contributed by atoms with E-state index in [0.29, 0.717) is 5.41 Å². The van der Waals surface area contributed by atoms with Crippen LogP contribution in [0.5, 0.6) is 0 Å². The second-order valence-electron chi connectivity index (χ2n) is 5.09. The van der Waals surface area contributed by atoms with Gasteiger partial charge in [-0.1, -0.05) is 0 Å². The molecule has 0 saturated heterocycles. The fraction of sp³-hybridized carbons (Fsp3) is 1.00. The second-order valence-corrected chi connectivity index (χ2v) is 7.47. The number of rotatable bonds is 5. The van der Waals surface area contributed by atoms with Gasteiger partial charge in [0.1, 0.15) is 0 Å². The van der Waals surface area contributed by atoms with Gasteiger partial charge in [-0.25, -0.2) is 0 Å². The molecule has 0 heterocycles. The highest BCUT2D eigenvalue weighted by Gasteiger charge is 2.44. The van der Waals surface area contributed by atoms with Gasteiger partial charge in [0.05, 0.1) is 0 Å². The Labute approximate surface area is 88.8 Å². The van der Waals surface area contributed by atoms with E-state index in [-0.39, 0.29) is 0 Å². The molecular formula is C11H22O2Si. The summed E-state index contributed by atoms with van der Waals surface area (Å²) >= 11 is 0. The van der Waals surface area contributed by atoms with Gasteiger partial charge in [0.2, 0.25) is 0 Å². The predicted octanol–water partition coefficient (Wildman–Crippen LogP) is 2.47. The van der Waals surface area contributed by atoms with Crippen LogP contribution in [0.1, 0.15) is 38.5 Å². The third-order valence-corrected chi connectivity index (χ3v) is 6.14. The standard InChI is InChI=1S/C11H22O2Si/c1-12-14(13-2)8-7-11-5-3-10(9-11)4-6-11/h10,14H,3-9H2,1-2H3. The summed E-state index contributed by atoms with van der Waals surface area (Å²) in [5.74, 6) is 1.07. The first-order valence-electron chi connectivity index (χ1n) is 5.84. The first-order valence-corrected chi connectivity index (χ1v) is 7.59. The van der Waals surface area contributed by atoms with Gasteiger partial charge in [-0.2, -0.15) is 0 Å². The normalized spacial score (nSPS) is 35.8. The van der Waals surface area contributed by atoms with E-state index in [1.54, 1.807) is 14.2 Å². The largest absolute Gasteiger partial charge is 0.400 e. The molecule has 0 aromatic carbocycles. The molecule has 14 heavy (non-hydrogen) atoms. The van der Waals surface area contributed by atoms with Crippen molar-refractivity contribution in [2.24, 2.45) is 11.3 Å². The Bertz CT molecular complexity index is 184. The number of fused-ring (bicyclic) bond motifs is 2. The molecule has 0 N–H and O–H groups in total. The average molecular weight is 214 g/mol. The molecule has 2 fully saturated rings. The van der Waals surface area contributed by atoms with E-state index >= 15 is 0 Å². The van der Waals surface area contributed by atoms with Gasteiger partial charge in [0.15, 0.2) is 0 Å². The van der Waals surface area contributed by atoms with Crippen molar-refractivity contribution in [3.05, 3.63) is 0 Å². The molecule has 0 spiro atoms. The van der Waals surface area contributed by atoms with E-state index in [1.807, 2.05) is 0 Å². The molecule has 2 saturated carbocycles. The van der Waals surface area contributed by atoms with Gasteiger partial charge in [0, 0.05) is 14.2 Å². The summed E-state index contributed by atoms with van der Waals surface area (Å²) in [6, 6.07) is 1.21. The summed E-state index contributed by atoms with van der Waals surface area (Å²) in [6.07, 6.45) is 8.81. The molecule has 2 aliphatic rings. The lowest BCUT2D eigenvalue weighted by Gasteiger charge is -2.27. The van der Waals surface area contributed by atoms with Gasteiger partial charge >= 0.3 is 9.28 Å². The van der Waals surface area contributed by atoms with Crippen LogP contribution in [-0.4, -0.2) is 23.5 Å². The van der Waals surface area contributed by atoms with E-state index in [1.165, 1.54) is 44.6 Å².